The predicted octanol–water partition coefficient (Wildman–Crippen LogP) is 4.67. The summed E-state index contributed by atoms with van der Waals surface area (Å²) in [5.74, 6) is -2.19. The number of anilines is 3. The molecule has 188 valence electrons. The lowest BCUT2D eigenvalue weighted by Crippen LogP contribution is -2.64. The summed E-state index contributed by atoms with van der Waals surface area (Å²) >= 11 is 5.84. The largest absolute Gasteiger partial charge is 0.433 e. The zero-order chi connectivity index (χ0) is 25.6. The number of halogens is 5. The summed E-state index contributed by atoms with van der Waals surface area (Å²) in [6.07, 6.45) is 3.97. The van der Waals surface area contributed by atoms with Crippen LogP contribution < -0.4 is 15.0 Å². The van der Waals surface area contributed by atoms with E-state index >= 15 is 4.39 Å². The molecular weight excluding hydrogens is 504 g/mol. The number of alkyl halides is 2. The molecule has 3 aromatic rings. The summed E-state index contributed by atoms with van der Waals surface area (Å²) in [5.41, 5.74) is 0.159. The summed E-state index contributed by atoms with van der Waals surface area (Å²) in [6.45, 7) is 1.19. The molecule has 3 saturated heterocycles. The van der Waals surface area contributed by atoms with E-state index in [0.29, 0.717) is 13.1 Å². The van der Waals surface area contributed by atoms with Crippen LogP contribution in [0.4, 0.5) is 34.9 Å². The van der Waals surface area contributed by atoms with Crippen molar-refractivity contribution in [1.82, 2.24) is 19.9 Å². The zero-order valence-electron chi connectivity index (χ0n) is 18.6. The molecule has 3 aliphatic heterocycles. The normalized spacial score (nSPS) is 19.2. The van der Waals surface area contributed by atoms with Crippen LogP contribution in [0.1, 0.15) is 12.8 Å². The molecule has 13 heteroatoms. The van der Waals surface area contributed by atoms with Crippen molar-refractivity contribution in [1.29, 1.82) is 0 Å². The van der Waals surface area contributed by atoms with Crippen molar-refractivity contribution < 1.29 is 27.1 Å². The van der Waals surface area contributed by atoms with Gasteiger partial charge in [0.05, 0.1) is 11.2 Å². The molecule has 3 fully saturated rings. The number of fused-ring (bicyclic) bond motifs is 4. The Kier molecular flexibility index (Phi) is 6.29. The highest BCUT2D eigenvalue weighted by Gasteiger charge is 2.41. The van der Waals surface area contributed by atoms with Crippen molar-refractivity contribution in [2.24, 2.45) is 0 Å². The van der Waals surface area contributed by atoms with Gasteiger partial charge in [-0.15, -0.1) is 0 Å². The summed E-state index contributed by atoms with van der Waals surface area (Å²) in [5, 5.41) is 2.09. The summed E-state index contributed by atoms with van der Waals surface area (Å²) in [7, 11) is 0. The van der Waals surface area contributed by atoms with Gasteiger partial charge in [0.1, 0.15) is 22.6 Å². The van der Waals surface area contributed by atoms with Crippen LogP contribution in [-0.4, -0.2) is 57.5 Å². The van der Waals surface area contributed by atoms with Gasteiger partial charge in [-0.25, -0.2) is 23.7 Å². The number of piperidine rings is 2. The number of hydrogen-bond acceptors (Lipinski definition) is 7. The van der Waals surface area contributed by atoms with E-state index in [0.717, 1.165) is 31.3 Å². The van der Waals surface area contributed by atoms with E-state index < -0.39 is 29.0 Å². The average Bonchev–Trinajstić information content (AvgIpc) is 2.87. The van der Waals surface area contributed by atoms with Crippen LogP contribution in [-0.2, 0) is 4.79 Å². The molecule has 1 unspecified atom stereocenters. The molecule has 1 aromatic carbocycles. The molecule has 5 heterocycles. The third-order valence-electron chi connectivity index (χ3n) is 6.32. The van der Waals surface area contributed by atoms with E-state index in [2.05, 4.69) is 31.6 Å². The SMILES string of the molecule is C=CC(=O)N1CC2CC[C@H]1CN2c1nc2c(Nc3ccc(OC(F)F)c(Cl)c3F)ncnc2cc1F. The first-order valence-electron chi connectivity index (χ1n) is 11.0. The lowest BCUT2D eigenvalue weighted by Gasteiger charge is -2.51. The first-order valence-corrected chi connectivity index (χ1v) is 11.4. The van der Waals surface area contributed by atoms with E-state index in [1.165, 1.54) is 12.1 Å². The maximum absolute atomic E-state index is 15.1. The van der Waals surface area contributed by atoms with Gasteiger partial charge in [0.2, 0.25) is 5.91 Å². The van der Waals surface area contributed by atoms with Crippen molar-refractivity contribution in [3.63, 3.8) is 0 Å². The first-order chi connectivity index (χ1) is 17.3. The molecule has 2 aromatic heterocycles. The quantitative estimate of drug-likeness (QED) is 0.372. The fourth-order valence-corrected chi connectivity index (χ4v) is 4.87. The van der Waals surface area contributed by atoms with Crippen LogP contribution in [0, 0.1) is 11.6 Å². The summed E-state index contributed by atoms with van der Waals surface area (Å²) < 4.78 is 59.1. The van der Waals surface area contributed by atoms with Crippen molar-refractivity contribution in [3.8, 4) is 5.75 Å². The number of piperazine rings is 1. The number of aromatic nitrogens is 3. The van der Waals surface area contributed by atoms with Gasteiger partial charge in [0, 0.05) is 31.2 Å². The number of amides is 1. The van der Waals surface area contributed by atoms with E-state index in [-0.39, 0.29) is 46.3 Å². The Labute approximate surface area is 207 Å². The van der Waals surface area contributed by atoms with Crippen LogP contribution in [0.15, 0.2) is 37.2 Å². The van der Waals surface area contributed by atoms with Gasteiger partial charge in [-0.2, -0.15) is 8.78 Å². The fraction of sp³-hybridized carbons (Fsp3) is 0.304. The molecule has 2 atom stereocenters. The highest BCUT2D eigenvalue weighted by Crippen LogP contribution is 2.37. The third-order valence-corrected chi connectivity index (χ3v) is 6.67. The van der Waals surface area contributed by atoms with Gasteiger partial charge in [-0.1, -0.05) is 18.2 Å². The average molecular weight is 523 g/mol. The van der Waals surface area contributed by atoms with Crippen molar-refractivity contribution in [2.75, 3.05) is 23.3 Å². The smallest absolute Gasteiger partial charge is 0.387 e. The van der Waals surface area contributed by atoms with Gasteiger partial charge in [-0.3, -0.25) is 4.79 Å². The maximum atomic E-state index is 15.1. The Morgan fingerprint density at radius 3 is 2.69 bits per heavy atom. The second-order valence-corrected chi connectivity index (χ2v) is 8.74. The lowest BCUT2D eigenvalue weighted by atomic mass is 9.90. The van der Waals surface area contributed by atoms with Crippen LogP contribution in [0.2, 0.25) is 5.02 Å². The number of pyridine rings is 1. The molecule has 1 N–H and O–H groups in total. The minimum Gasteiger partial charge on any atom is -0.433 e. The van der Waals surface area contributed by atoms with Gasteiger partial charge in [-0.05, 0) is 31.1 Å². The van der Waals surface area contributed by atoms with E-state index in [4.69, 9.17) is 11.6 Å². The minimum absolute atomic E-state index is 0.0596. The number of nitrogens with one attached hydrogen (secondary N) is 1. The number of hydrogen-bond donors (Lipinski definition) is 1. The molecule has 0 radical (unpaired) electrons. The first kappa shape index (κ1) is 24.0. The third kappa shape index (κ3) is 4.25. The van der Waals surface area contributed by atoms with Crippen LogP contribution >= 0.6 is 11.6 Å². The highest BCUT2D eigenvalue weighted by atomic mass is 35.5. The molecule has 2 bridgehead atoms. The molecule has 0 saturated carbocycles. The number of benzene rings is 1. The van der Waals surface area contributed by atoms with Crippen LogP contribution in [0.25, 0.3) is 11.0 Å². The Morgan fingerprint density at radius 2 is 2.00 bits per heavy atom. The Hall–Kier alpha value is -3.67. The van der Waals surface area contributed by atoms with E-state index in [1.807, 2.05) is 4.90 Å². The van der Waals surface area contributed by atoms with Gasteiger partial charge in [0.15, 0.2) is 23.3 Å². The molecule has 0 spiro atoms. The van der Waals surface area contributed by atoms with Gasteiger partial charge < -0.3 is 19.9 Å². The van der Waals surface area contributed by atoms with Crippen LogP contribution in [0.3, 0.4) is 0 Å². The lowest BCUT2D eigenvalue weighted by molar-refractivity contribution is -0.131. The van der Waals surface area contributed by atoms with Crippen molar-refractivity contribution >= 4 is 45.9 Å². The second kappa shape index (κ2) is 9.41. The van der Waals surface area contributed by atoms with Crippen LogP contribution in [0.5, 0.6) is 5.75 Å². The molecule has 8 nitrogen and oxygen atoms in total. The standard InChI is InChI=1S/C23H19ClF4N6O2/c1-2-17(35)33-8-12-4-3-11(33)9-34(12)22-13(25)7-15-20(32-22)21(30-10-29-15)31-14-5-6-16(36-23(27)28)18(24)19(14)26/h2,5-7,10-12,23H,1,3-4,8-9H2,(H,29,30,31)/t11-,12?/m0/s1. The Bertz CT molecular complexity index is 1360. The number of carbonyl (C=O) groups excluding carboxylic acids is 1. The number of rotatable bonds is 6. The highest BCUT2D eigenvalue weighted by molar-refractivity contribution is 6.32. The Morgan fingerprint density at radius 1 is 1.22 bits per heavy atom. The molecule has 3 aliphatic rings. The van der Waals surface area contributed by atoms with E-state index in [9.17, 15) is 18.0 Å². The topological polar surface area (TPSA) is 83.5 Å². The maximum Gasteiger partial charge on any atom is 0.387 e. The fourth-order valence-electron chi connectivity index (χ4n) is 4.66. The van der Waals surface area contributed by atoms with Crippen molar-refractivity contribution in [2.45, 2.75) is 31.5 Å². The predicted molar refractivity (Wildman–Crippen MR) is 125 cm³/mol. The second-order valence-electron chi connectivity index (χ2n) is 8.36. The minimum atomic E-state index is -3.17. The molecule has 1 amide bonds. The molecule has 36 heavy (non-hydrogen) atoms. The Balaban J connectivity index is 1.48. The molecule has 6 rings (SSSR count). The van der Waals surface area contributed by atoms with Gasteiger partial charge >= 0.3 is 6.61 Å². The molecular formula is C23H19ClF4N6O2. The number of ether oxygens (including phenoxy) is 1. The van der Waals surface area contributed by atoms with E-state index in [1.54, 1.807) is 4.90 Å². The van der Waals surface area contributed by atoms with Gasteiger partial charge in [0.25, 0.3) is 0 Å². The number of carbonyl (C=O) groups is 1. The molecule has 0 aliphatic carbocycles. The summed E-state index contributed by atoms with van der Waals surface area (Å²) in [4.78, 5) is 28.4. The zero-order valence-corrected chi connectivity index (χ0v) is 19.4. The monoisotopic (exact) mass is 522 g/mol. The summed E-state index contributed by atoms with van der Waals surface area (Å²) in [6, 6.07) is 3.21. The number of nitrogens with zero attached hydrogens (tertiary/aromatic N) is 5. The van der Waals surface area contributed by atoms with Crippen molar-refractivity contribution in [3.05, 3.63) is 53.8 Å².